The number of nitrogens with zero attached hydrogens (tertiary/aromatic N) is 4. The number of anilines is 4. The van der Waals surface area contributed by atoms with E-state index < -0.39 is 6.10 Å². The van der Waals surface area contributed by atoms with Gasteiger partial charge in [0.25, 0.3) is 0 Å². The Hall–Kier alpha value is -2.91. The second-order valence-corrected chi connectivity index (χ2v) is 6.50. The van der Waals surface area contributed by atoms with Gasteiger partial charge in [0.1, 0.15) is 23.5 Å². The minimum atomic E-state index is -0.517. The van der Waals surface area contributed by atoms with Crippen LogP contribution in [0.3, 0.4) is 0 Å². The van der Waals surface area contributed by atoms with Gasteiger partial charge in [-0.05, 0) is 25.0 Å². The smallest absolute Gasteiger partial charge is 0.160 e. The minimum Gasteiger partial charge on any atom is -0.396 e. The van der Waals surface area contributed by atoms with Crippen molar-refractivity contribution >= 4 is 28.8 Å². The van der Waals surface area contributed by atoms with Gasteiger partial charge < -0.3 is 26.6 Å². The molecule has 0 radical (unpaired) electrons. The molecule has 0 aromatic carbocycles. The first kappa shape index (κ1) is 16.6. The zero-order valence-electron chi connectivity index (χ0n) is 14.1. The van der Waals surface area contributed by atoms with Crippen molar-refractivity contribution in [3.05, 3.63) is 36.9 Å². The lowest BCUT2D eigenvalue weighted by molar-refractivity contribution is 0.0908. The number of imidazole rings is 1. The standard InChI is InChI=1S/C17H21N7O2/c18-15-16(22-11-5-10(8-25)12(26)6-11)20-9-21-17(15)23-14-7-19-13-3-1-2-4-24(13)14/h1-4,7,9-12,25-26H,5-6,8,18H2,(H2,20,21,22,23). The van der Waals surface area contributed by atoms with Crippen LogP contribution in [0.5, 0.6) is 0 Å². The molecule has 6 N–H and O–H groups in total. The van der Waals surface area contributed by atoms with E-state index in [4.69, 9.17) is 5.73 Å². The second kappa shape index (κ2) is 6.77. The molecule has 136 valence electrons. The number of nitrogen functional groups attached to an aromatic ring is 1. The van der Waals surface area contributed by atoms with Crippen molar-refractivity contribution in [3.8, 4) is 0 Å². The zero-order valence-corrected chi connectivity index (χ0v) is 14.1. The van der Waals surface area contributed by atoms with Crippen molar-refractivity contribution in [2.75, 3.05) is 23.0 Å². The van der Waals surface area contributed by atoms with Crippen LogP contribution < -0.4 is 16.4 Å². The average Bonchev–Trinajstić information content (AvgIpc) is 3.21. The maximum Gasteiger partial charge on any atom is 0.160 e. The molecule has 3 heterocycles. The molecule has 9 nitrogen and oxygen atoms in total. The van der Waals surface area contributed by atoms with Gasteiger partial charge in [0.05, 0.1) is 12.3 Å². The summed E-state index contributed by atoms with van der Waals surface area (Å²) in [6.07, 6.45) is 5.73. The predicted octanol–water partition coefficient (Wildman–Crippen LogP) is 0.994. The summed E-state index contributed by atoms with van der Waals surface area (Å²) in [5, 5.41) is 25.7. The molecule has 1 saturated carbocycles. The average molecular weight is 355 g/mol. The van der Waals surface area contributed by atoms with Gasteiger partial charge in [0.2, 0.25) is 0 Å². The summed E-state index contributed by atoms with van der Waals surface area (Å²) in [7, 11) is 0. The van der Waals surface area contributed by atoms with Gasteiger partial charge >= 0.3 is 0 Å². The summed E-state index contributed by atoms with van der Waals surface area (Å²) < 4.78 is 1.90. The molecule has 1 aliphatic carbocycles. The number of aliphatic hydroxyl groups is 2. The van der Waals surface area contributed by atoms with E-state index in [0.717, 1.165) is 11.5 Å². The number of hydrogen-bond donors (Lipinski definition) is 5. The van der Waals surface area contributed by atoms with Crippen LogP contribution in [0.4, 0.5) is 23.1 Å². The third-order valence-corrected chi connectivity index (χ3v) is 4.78. The largest absolute Gasteiger partial charge is 0.396 e. The molecule has 3 aromatic heterocycles. The number of aliphatic hydroxyl groups excluding tert-OH is 2. The molecule has 3 aromatic rings. The number of nitrogens with two attached hydrogens (primary N) is 1. The minimum absolute atomic E-state index is 0.00278. The summed E-state index contributed by atoms with van der Waals surface area (Å²) in [5.74, 6) is 1.61. The van der Waals surface area contributed by atoms with Crippen LogP contribution in [0.1, 0.15) is 12.8 Å². The van der Waals surface area contributed by atoms with Gasteiger partial charge in [-0.1, -0.05) is 6.07 Å². The highest BCUT2D eigenvalue weighted by Crippen LogP contribution is 2.31. The Kier molecular flexibility index (Phi) is 4.31. The Morgan fingerprint density at radius 2 is 2.04 bits per heavy atom. The lowest BCUT2D eigenvalue weighted by Crippen LogP contribution is -2.19. The molecule has 0 saturated heterocycles. The first-order valence-electron chi connectivity index (χ1n) is 8.50. The summed E-state index contributed by atoms with van der Waals surface area (Å²) in [5.41, 5.74) is 7.44. The van der Waals surface area contributed by atoms with Crippen molar-refractivity contribution in [1.29, 1.82) is 0 Å². The van der Waals surface area contributed by atoms with E-state index in [2.05, 4.69) is 25.6 Å². The van der Waals surface area contributed by atoms with Crippen LogP contribution in [-0.2, 0) is 0 Å². The number of aromatic nitrogens is 4. The van der Waals surface area contributed by atoms with Crippen molar-refractivity contribution in [2.24, 2.45) is 5.92 Å². The predicted molar refractivity (Wildman–Crippen MR) is 98.1 cm³/mol. The molecule has 4 rings (SSSR count). The Morgan fingerprint density at radius 3 is 2.85 bits per heavy atom. The molecule has 1 aliphatic rings. The fourth-order valence-electron chi connectivity index (χ4n) is 3.37. The molecule has 3 atom stereocenters. The fraction of sp³-hybridized carbons (Fsp3) is 0.353. The van der Waals surface area contributed by atoms with E-state index in [0.29, 0.717) is 30.2 Å². The molecule has 26 heavy (non-hydrogen) atoms. The Morgan fingerprint density at radius 1 is 1.19 bits per heavy atom. The summed E-state index contributed by atoms with van der Waals surface area (Å²) in [6, 6.07) is 5.75. The maximum absolute atomic E-state index is 9.95. The lowest BCUT2D eigenvalue weighted by Gasteiger charge is -2.16. The highest BCUT2D eigenvalue weighted by Gasteiger charge is 2.33. The number of pyridine rings is 1. The van der Waals surface area contributed by atoms with Crippen molar-refractivity contribution in [3.63, 3.8) is 0 Å². The maximum atomic E-state index is 9.95. The van der Waals surface area contributed by atoms with Crippen LogP contribution >= 0.6 is 0 Å². The molecule has 0 aliphatic heterocycles. The monoisotopic (exact) mass is 355 g/mol. The van der Waals surface area contributed by atoms with Crippen LogP contribution in [0.25, 0.3) is 5.65 Å². The SMILES string of the molecule is Nc1c(Nc2cnc3ccccn23)ncnc1NC1CC(O)C(CO)C1. The zero-order chi connectivity index (χ0) is 18.1. The number of fused-ring (bicyclic) bond motifs is 1. The molecule has 0 spiro atoms. The molecule has 1 fully saturated rings. The number of hydrogen-bond acceptors (Lipinski definition) is 8. The van der Waals surface area contributed by atoms with Gasteiger partial charge in [0.15, 0.2) is 11.6 Å². The highest BCUT2D eigenvalue weighted by molar-refractivity contribution is 5.77. The van der Waals surface area contributed by atoms with Crippen LogP contribution in [0.15, 0.2) is 36.9 Å². The van der Waals surface area contributed by atoms with Crippen LogP contribution in [-0.4, -0.2) is 48.3 Å². The molecule has 9 heteroatoms. The van der Waals surface area contributed by atoms with Crippen LogP contribution in [0, 0.1) is 5.92 Å². The fourth-order valence-corrected chi connectivity index (χ4v) is 3.37. The Labute approximate surface area is 149 Å². The second-order valence-electron chi connectivity index (χ2n) is 6.50. The van der Waals surface area contributed by atoms with Gasteiger partial charge in [0, 0.05) is 24.8 Å². The first-order valence-corrected chi connectivity index (χ1v) is 8.50. The number of nitrogens with one attached hydrogen (secondary N) is 2. The van der Waals surface area contributed by atoms with Gasteiger partial charge in [-0.15, -0.1) is 0 Å². The van der Waals surface area contributed by atoms with E-state index in [-0.39, 0.29) is 18.6 Å². The van der Waals surface area contributed by atoms with E-state index in [1.54, 1.807) is 6.20 Å². The van der Waals surface area contributed by atoms with Gasteiger partial charge in [-0.2, -0.15) is 0 Å². The van der Waals surface area contributed by atoms with Crippen molar-refractivity contribution in [1.82, 2.24) is 19.4 Å². The summed E-state index contributed by atoms with van der Waals surface area (Å²) in [6.45, 7) is -0.0281. The van der Waals surface area contributed by atoms with E-state index in [9.17, 15) is 10.2 Å². The third kappa shape index (κ3) is 3.02. The topological polar surface area (TPSA) is 134 Å². The molecule has 0 bridgehead atoms. The van der Waals surface area contributed by atoms with Crippen molar-refractivity contribution < 1.29 is 10.2 Å². The van der Waals surface area contributed by atoms with Gasteiger partial charge in [-0.25, -0.2) is 15.0 Å². The van der Waals surface area contributed by atoms with Gasteiger partial charge in [-0.3, -0.25) is 4.40 Å². The molecule has 0 amide bonds. The molecule has 3 unspecified atom stereocenters. The Bertz CT molecular complexity index is 913. The van der Waals surface area contributed by atoms with E-state index in [1.807, 2.05) is 28.8 Å². The summed E-state index contributed by atoms with van der Waals surface area (Å²) in [4.78, 5) is 12.8. The van der Waals surface area contributed by atoms with E-state index in [1.165, 1.54) is 6.33 Å². The third-order valence-electron chi connectivity index (χ3n) is 4.78. The normalized spacial score (nSPS) is 22.6. The lowest BCUT2D eigenvalue weighted by atomic mass is 10.1. The highest BCUT2D eigenvalue weighted by atomic mass is 16.3. The quantitative estimate of drug-likeness (QED) is 0.457. The van der Waals surface area contributed by atoms with Crippen LogP contribution in [0.2, 0.25) is 0 Å². The Balaban J connectivity index is 1.54. The molecular formula is C17H21N7O2. The van der Waals surface area contributed by atoms with Crippen molar-refractivity contribution in [2.45, 2.75) is 25.0 Å². The number of rotatable bonds is 5. The first-order chi connectivity index (χ1) is 12.7. The summed E-state index contributed by atoms with van der Waals surface area (Å²) >= 11 is 0. The molecular weight excluding hydrogens is 334 g/mol. The van der Waals surface area contributed by atoms with E-state index >= 15 is 0 Å².